The number of ether oxygens (including phenoxy) is 4. The van der Waals surface area contributed by atoms with Gasteiger partial charge in [-0.05, 0) is 67.6 Å². The lowest BCUT2D eigenvalue weighted by atomic mass is 10.1. The minimum absolute atomic E-state index is 0.0116. The molecule has 0 saturated carbocycles. The summed E-state index contributed by atoms with van der Waals surface area (Å²) >= 11 is 0. The lowest BCUT2D eigenvalue weighted by Crippen LogP contribution is -2.28. The highest BCUT2D eigenvalue weighted by molar-refractivity contribution is 6.00. The Labute approximate surface area is 214 Å². The highest BCUT2D eigenvalue weighted by Gasteiger charge is 2.36. The van der Waals surface area contributed by atoms with Crippen molar-refractivity contribution in [2.45, 2.75) is 13.3 Å². The first-order valence-corrected chi connectivity index (χ1v) is 11.9. The van der Waals surface area contributed by atoms with E-state index in [0.717, 1.165) is 5.75 Å². The summed E-state index contributed by atoms with van der Waals surface area (Å²) < 4.78 is 21.6. The van der Waals surface area contributed by atoms with Crippen molar-refractivity contribution >= 4 is 29.2 Å². The lowest BCUT2D eigenvalue weighted by molar-refractivity contribution is -0.151. The number of rotatable bonds is 10. The number of benzene rings is 3. The number of carbonyl (C=O) groups is 3. The van der Waals surface area contributed by atoms with Gasteiger partial charge in [0.05, 0.1) is 25.3 Å². The van der Waals surface area contributed by atoms with Gasteiger partial charge in [-0.3, -0.25) is 14.4 Å². The van der Waals surface area contributed by atoms with Crippen LogP contribution in [0.3, 0.4) is 0 Å². The lowest BCUT2D eigenvalue weighted by Gasteiger charge is -2.17. The maximum Gasteiger partial charge on any atom is 0.311 e. The molecule has 1 fully saturated rings. The highest BCUT2D eigenvalue weighted by atomic mass is 16.5. The Morgan fingerprint density at radius 1 is 0.946 bits per heavy atom. The van der Waals surface area contributed by atoms with Gasteiger partial charge < -0.3 is 29.2 Å². The molecule has 1 atom stereocenters. The monoisotopic (exact) mass is 504 g/mol. The fourth-order valence-electron chi connectivity index (χ4n) is 3.88. The van der Waals surface area contributed by atoms with Crippen molar-refractivity contribution in [3.8, 4) is 23.0 Å². The number of hydrogen-bond donors (Lipinski definition) is 1. The van der Waals surface area contributed by atoms with Crippen LogP contribution < -0.4 is 24.4 Å². The first-order valence-electron chi connectivity index (χ1n) is 11.9. The highest BCUT2D eigenvalue weighted by Crippen LogP contribution is 2.30. The molecular weight excluding hydrogens is 476 g/mol. The molecular formula is C28H28N2O7. The third-order valence-corrected chi connectivity index (χ3v) is 5.71. The van der Waals surface area contributed by atoms with Gasteiger partial charge in [0.15, 0.2) is 6.61 Å². The SMILES string of the molecule is CCOc1ccccc1NC(=O)COC(=O)[C@H]1CC(=O)N(c2ccc(Oc3ccc(OC)cc3)cc2)C1. The fraction of sp³-hybridized carbons (Fsp3) is 0.250. The molecule has 192 valence electrons. The first kappa shape index (κ1) is 25.6. The molecule has 3 aromatic carbocycles. The predicted octanol–water partition coefficient (Wildman–Crippen LogP) is 4.42. The second-order valence-corrected chi connectivity index (χ2v) is 8.26. The van der Waals surface area contributed by atoms with Crippen molar-refractivity contribution in [1.82, 2.24) is 0 Å². The summed E-state index contributed by atoms with van der Waals surface area (Å²) in [5.41, 5.74) is 1.14. The summed E-state index contributed by atoms with van der Waals surface area (Å²) in [6.07, 6.45) is 0.0116. The molecule has 0 spiro atoms. The van der Waals surface area contributed by atoms with Crippen LogP contribution in [0.2, 0.25) is 0 Å². The number of esters is 1. The average molecular weight is 505 g/mol. The van der Waals surface area contributed by atoms with Crippen molar-refractivity contribution in [2.75, 3.05) is 37.1 Å². The van der Waals surface area contributed by atoms with E-state index in [2.05, 4.69) is 5.32 Å². The van der Waals surface area contributed by atoms with Crippen molar-refractivity contribution in [3.63, 3.8) is 0 Å². The van der Waals surface area contributed by atoms with Crippen molar-refractivity contribution in [3.05, 3.63) is 72.8 Å². The fourth-order valence-corrected chi connectivity index (χ4v) is 3.88. The van der Waals surface area contributed by atoms with Gasteiger partial charge >= 0.3 is 5.97 Å². The third kappa shape index (κ3) is 6.58. The number of hydrogen-bond acceptors (Lipinski definition) is 7. The van der Waals surface area contributed by atoms with Crippen molar-refractivity contribution < 1.29 is 33.3 Å². The zero-order valence-electron chi connectivity index (χ0n) is 20.6. The van der Waals surface area contributed by atoms with Crippen LogP contribution in [0.25, 0.3) is 0 Å². The van der Waals surface area contributed by atoms with E-state index in [4.69, 9.17) is 18.9 Å². The van der Waals surface area contributed by atoms with Crippen LogP contribution in [0.15, 0.2) is 72.8 Å². The molecule has 0 aromatic heterocycles. The predicted molar refractivity (Wildman–Crippen MR) is 137 cm³/mol. The van der Waals surface area contributed by atoms with Gasteiger partial charge in [-0.2, -0.15) is 0 Å². The van der Waals surface area contributed by atoms with Gasteiger partial charge in [0.25, 0.3) is 5.91 Å². The molecule has 0 unspecified atom stereocenters. The Morgan fingerprint density at radius 2 is 1.59 bits per heavy atom. The van der Waals surface area contributed by atoms with Gasteiger partial charge in [0.1, 0.15) is 23.0 Å². The molecule has 1 N–H and O–H groups in total. The van der Waals surface area contributed by atoms with Gasteiger partial charge in [-0.25, -0.2) is 0 Å². The van der Waals surface area contributed by atoms with E-state index in [1.54, 1.807) is 79.9 Å². The molecule has 37 heavy (non-hydrogen) atoms. The van der Waals surface area contributed by atoms with E-state index >= 15 is 0 Å². The number of anilines is 2. The summed E-state index contributed by atoms with van der Waals surface area (Å²) in [6.45, 7) is 2.01. The van der Waals surface area contributed by atoms with Gasteiger partial charge in [-0.15, -0.1) is 0 Å². The largest absolute Gasteiger partial charge is 0.497 e. The maximum absolute atomic E-state index is 12.6. The number of nitrogens with zero attached hydrogens (tertiary/aromatic N) is 1. The van der Waals surface area contributed by atoms with E-state index in [1.807, 2.05) is 6.92 Å². The number of para-hydroxylation sites is 2. The van der Waals surface area contributed by atoms with Gasteiger partial charge in [-0.1, -0.05) is 12.1 Å². The normalized spacial score (nSPS) is 14.7. The van der Waals surface area contributed by atoms with Crippen LogP contribution in [0, 0.1) is 5.92 Å². The molecule has 1 saturated heterocycles. The zero-order chi connectivity index (χ0) is 26.2. The standard InChI is InChI=1S/C28H28N2O7/c1-3-35-25-7-5-4-6-24(25)29-26(31)18-36-28(33)19-16-27(32)30(17-19)20-8-10-22(11-9-20)37-23-14-12-21(34-2)13-15-23/h4-15,19H,3,16-18H2,1-2H3,(H,29,31)/t19-/m0/s1. The molecule has 0 aliphatic carbocycles. The molecule has 9 heteroatoms. The summed E-state index contributed by atoms with van der Waals surface area (Å²) in [7, 11) is 1.60. The molecule has 1 aliphatic heterocycles. The third-order valence-electron chi connectivity index (χ3n) is 5.71. The minimum Gasteiger partial charge on any atom is -0.497 e. The summed E-state index contributed by atoms with van der Waals surface area (Å²) in [5.74, 6) is 0.579. The topological polar surface area (TPSA) is 103 Å². The van der Waals surface area contributed by atoms with E-state index in [-0.39, 0.29) is 18.9 Å². The average Bonchev–Trinajstić information content (AvgIpc) is 3.31. The van der Waals surface area contributed by atoms with Gasteiger partial charge in [0, 0.05) is 18.7 Å². The van der Waals surface area contributed by atoms with E-state index in [1.165, 1.54) is 4.90 Å². The molecule has 3 aromatic rings. The Balaban J connectivity index is 1.28. The van der Waals surface area contributed by atoms with Crippen LogP contribution in [0.4, 0.5) is 11.4 Å². The van der Waals surface area contributed by atoms with E-state index in [9.17, 15) is 14.4 Å². The van der Waals surface area contributed by atoms with Crippen LogP contribution in [0.1, 0.15) is 13.3 Å². The molecule has 2 amide bonds. The van der Waals surface area contributed by atoms with Crippen molar-refractivity contribution in [2.24, 2.45) is 5.92 Å². The first-order chi connectivity index (χ1) is 18.0. The summed E-state index contributed by atoms with van der Waals surface area (Å²) in [5, 5.41) is 2.68. The molecule has 9 nitrogen and oxygen atoms in total. The minimum atomic E-state index is -0.661. The molecule has 0 radical (unpaired) electrons. The van der Waals surface area contributed by atoms with Crippen molar-refractivity contribution in [1.29, 1.82) is 0 Å². The molecule has 1 aliphatic rings. The number of amides is 2. The smallest absolute Gasteiger partial charge is 0.311 e. The van der Waals surface area contributed by atoms with Crippen LogP contribution in [0.5, 0.6) is 23.0 Å². The maximum atomic E-state index is 12.6. The van der Waals surface area contributed by atoms with Crippen LogP contribution >= 0.6 is 0 Å². The number of nitrogens with one attached hydrogen (secondary N) is 1. The quantitative estimate of drug-likeness (QED) is 0.408. The van der Waals surface area contributed by atoms with Crippen LogP contribution in [-0.2, 0) is 19.1 Å². The summed E-state index contributed by atoms with van der Waals surface area (Å²) in [6, 6.07) is 21.2. The summed E-state index contributed by atoms with van der Waals surface area (Å²) in [4.78, 5) is 39.0. The Kier molecular flexibility index (Phi) is 8.25. The molecule has 4 rings (SSSR count). The molecule has 1 heterocycles. The second-order valence-electron chi connectivity index (χ2n) is 8.26. The van der Waals surface area contributed by atoms with E-state index < -0.39 is 24.4 Å². The van der Waals surface area contributed by atoms with E-state index in [0.29, 0.717) is 35.2 Å². The Bertz CT molecular complexity index is 1240. The Hall–Kier alpha value is -4.53. The molecule has 0 bridgehead atoms. The van der Waals surface area contributed by atoms with Crippen LogP contribution in [-0.4, -0.2) is 44.7 Å². The van der Waals surface area contributed by atoms with Gasteiger partial charge in [0.2, 0.25) is 5.91 Å². The number of methoxy groups -OCH3 is 1. The number of carbonyl (C=O) groups excluding carboxylic acids is 3. The second kappa shape index (κ2) is 11.9. The Morgan fingerprint density at radius 3 is 2.27 bits per heavy atom. The zero-order valence-corrected chi connectivity index (χ0v) is 20.6.